The van der Waals surface area contributed by atoms with Crippen molar-refractivity contribution in [1.82, 2.24) is 18.9 Å². The lowest BCUT2D eigenvalue weighted by Crippen LogP contribution is -2.35. The van der Waals surface area contributed by atoms with E-state index in [1.165, 1.54) is 9.13 Å². The Morgan fingerprint density at radius 3 is 2.09 bits per heavy atom. The van der Waals surface area contributed by atoms with Gasteiger partial charge in [-0.2, -0.15) is 0 Å². The van der Waals surface area contributed by atoms with Crippen LogP contribution < -0.4 is 11.1 Å². The first-order chi connectivity index (χ1) is 22.3. The van der Waals surface area contributed by atoms with Crippen LogP contribution in [0.2, 0.25) is 0 Å². The van der Waals surface area contributed by atoms with Gasteiger partial charge in [-0.05, 0) is 54.6 Å². The minimum absolute atomic E-state index is 0.0292. The lowest BCUT2D eigenvalue weighted by atomic mass is 9.98. The number of aliphatic hydroxyl groups excluding tert-OH is 1. The summed E-state index contributed by atoms with van der Waals surface area (Å²) in [6, 6.07) is 21.3. The van der Waals surface area contributed by atoms with Crippen LogP contribution in [0.15, 0.2) is 88.7 Å². The molecule has 4 aromatic rings. The molecular formula is C36H42N4O6. The smallest absolute Gasteiger partial charge is 0.293 e. The first-order valence-corrected chi connectivity index (χ1v) is 15.9. The Labute approximate surface area is 268 Å². The van der Waals surface area contributed by atoms with Crippen molar-refractivity contribution in [3.63, 3.8) is 0 Å². The molecule has 10 nitrogen and oxygen atoms in total. The lowest BCUT2D eigenvalue weighted by molar-refractivity contribution is 0.0269. The molecule has 2 unspecified atom stereocenters. The van der Waals surface area contributed by atoms with Crippen molar-refractivity contribution in [2.45, 2.75) is 63.7 Å². The summed E-state index contributed by atoms with van der Waals surface area (Å²) < 4.78 is 9.09. The molecule has 0 saturated carbocycles. The second-order valence-electron chi connectivity index (χ2n) is 12.5. The highest BCUT2D eigenvalue weighted by Gasteiger charge is 2.33. The predicted molar refractivity (Wildman–Crippen MR) is 175 cm³/mol. The number of pyridine rings is 2. The molecule has 0 amide bonds. The van der Waals surface area contributed by atoms with Gasteiger partial charge in [0.05, 0.1) is 25.3 Å². The molecule has 2 fully saturated rings. The van der Waals surface area contributed by atoms with Gasteiger partial charge in [-0.15, -0.1) is 0 Å². The number of ether oxygens (including phenoxy) is 1. The lowest BCUT2D eigenvalue weighted by Gasteiger charge is -2.31. The Morgan fingerprint density at radius 2 is 1.43 bits per heavy atom. The Balaban J connectivity index is 1.16. The van der Waals surface area contributed by atoms with E-state index in [0.29, 0.717) is 50.3 Å². The fraction of sp³-hybridized carbons (Fsp3) is 0.389. The molecule has 10 heteroatoms. The third-order valence-electron chi connectivity index (χ3n) is 9.31. The number of benzene rings is 2. The zero-order chi connectivity index (χ0) is 32.2. The molecule has 2 aromatic heterocycles. The summed E-state index contributed by atoms with van der Waals surface area (Å²) in [5.41, 5.74) is 3.16. The molecule has 3 atom stereocenters. The van der Waals surface area contributed by atoms with E-state index in [1.54, 1.807) is 25.6 Å². The number of methoxy groups -OCH3 is 1. The van der Waals surface area contributed by atoms with Gasteiger partial charge >= 0.3 is 0 Å². The van der Waals surface area contributed by atoms with E-state index in [0.717, 1.165) is 42.6 Å². The topological polar surface area (TPSA) is 120 Å². The number of rotatable bonds is 11. The summed E-state index contributed by atoms with van der Waals surface area (Å²) in [7, 11) is 1.69. The largest absolute Gasteiger partial charge is 0.503 e. The predicted octanol–water partition coefficient (Wildman–Crippen LogP) is 3.44. The maximum atomic E-state index is 13.1. The number of aromatic nitrogens is 2. The third-order valence-corrected chi connectivity index (χ3v) is 9.31. The van der Waals surface area contributed by atoms with Crippen molar-refractivity contribution in [3.8, 4) is 11.5 Å². The van der Waals surface area contributed by atoms with Gasteiger partial charge in [-0.3, -0.25) is 19.4 Å². The quantitative estimate of drug-likeness (QED) is 0.232. The Morgan fingerprint density at radius 1 is 0.783 bits per heavy atom. The second-order valence-corrected chi connectivity index (χ2v) is 12.5. The normalized spacial score (nSPS) is 19.5. The van der Waals surface area contributed by atoms with Crippen LogP contribution in [-0.4, -0.2) is 73.1 Å². The average Bonchev–Trinajstić information content (AvgIpc) is 3.70. The maximum absolute atomic E-state index is 13.1. The Bertz CT molecular complexity index is 1770. The van der Waals surface area contributed by atoms with E-state index in [1.807, 2.05) is 65.6 Å². The molecule has 2 aliphatic rings. The van der Waals surface area contributed by atoms with Gasteiger partial charge in [-0.25, -0.2) is 0 Å². The number of hydrogen-bond acceptors (Lipinski definition) is 8. The summed E-state index contributed by atoms with van der Waals surface area (Å²) >= 11 is 0. The summed E-state index contributed by atoms with van der Waals surface area (Å²) in [6.07, 6.45) is 5.39. The first kappa shape index (κ1) is 31.7. The third kappa shape index (κ3) is 6.95. The van der Waals surface area contributed by atoms with Gasteiger partial charge in [0.2, 0.25) is 0 Å². The highest BCUT2D eigenvalue weighted by Crippen LogP contribution is 2.34. The minimum atomic E-state index is -0.446. The zero-order valence-electron chi connectivity index (χ0n) is 26.2. The van der Waals surface area contributed by atoms with E-state index in [9.17, 15) is 24.9 Å². The van der Waals surface area contributed by atoms with Crippen LogP contribution in [0.3, 0.4) is 0 Å². The van der Waals surface area contributed by atoms with Crippen molar-refractivity contribution in [2.24, 2.45) is 0 Å². The molecule has 0 radical (unpaired) electrons. The second kappa shape index (κ2) is 14.0. The van der Waals surface area contributed by atoms with Crippen molar-refractivity contribution >= 4 is 0 Å². The fourth-order valence-corrected chi connectivity index (χ4v) is 6.87. The van der Waals surface area contributed by atoms with Gasteiger partial charge in [0.15, 0.2) is 11.5 Å². The molecule has 0 bridgehead atoms. The summed E-state index contributed by atoms with van der Waals surface area (Å²) in [5, 5.41) is 31.4. The van der Waals surface area contributed by atoms with E-state index in [-0.39, 0.29) is 29.7 Å². The molecule has 0 spiro atoms. The van der Waals surface area contributed by atoms with E-state index < -0.39 is 11.1 Å². The van der Waals surface area contributed by atoms with Gasteiger partial charge in [0.1, 0.15) is 0 Å². The van der Waals surface area contributed by atoms with E-state index >= 15 is 0 Å². The zero-order valence-corrected chi connectivity index (χ0v) is 26.2. The number of β-amino-alcohol motifs (C(OH)–C–C–N with tert-alkyl or cyclic N) is 1. The standard InChI is InChI=1S/C36H42N4O6/c1-46-34(31-11-6-15-38(31)23-29-13-18-39(36(45)33(29)43)20-25-7-3-2-4-8-25)27-10-5-9-26(19-27)21-40-17-12-28(32(42)35(40)44)22-37-16-14-30(41)24-37/h2-5,7-10,12-13,17-19,30-31,34,41-43H,6,11,14-16,20-24H2,1H3/t30?,31-,34?/m1/s1. The molecule has 3 N–H and O–H groups in total. The van der Waals surface area contributed by atoms with E-state index in [2.05, 4.69) is 4.90 Å². The van der Waals surface area contributed by atoms with Crippen molar-refractivity contribution in [2.75, 3.05) is 26.7 Å². The van der Waals surface area contributed by atoms with Gasteiger partial charge in [0, 0.05) is 62.9 Å². The fourth-order valence-electron chi connectivity index (χ4n) is 6.87. The molecule has 0 aliphatic carbocycles. The number of hydrogen-bond donors (Lipinski definition) is 3. The van der Waals surface area contributed by atoms with Gasteiger partial charge in [0.25, 0.3) is 11.1 Å². The number of nitrogens with zero attached hydrogens (tertiary/aromatic N) is 4. The highest BCUT2D eigenvalue weighted by atomic mass is 16.5. The van der Waals surface area contributed by atoms with Crippen molar-refractivity contribution in [1.29, 1.82) is 0 Å². The Kier molecular flexibility index (Phi) is 9.70. The monoisotopic (exact) mass is 626 g/mol. The van der Waals surface area contributed by atoms with Crippen LogP contribution in [0.1, 0.15) is 53.2 Å². The van der Waals surface area contributed by atoms with Crippen LogP contribution >= 0.6 is 0 Å². The number of aliphatic hydroxyl groups is 1. The molecule has 4 heterocycles. The molecule has 46 heavy (non-hydrogen) atoms. The van der Waals surface area contributed by atoms with Crippen LogP contribution in [0, 0.1) is 0 Å². The molecule has 2 aromatic carbocycles. The van der Waals surface area contributed by atoms with Gasteiger partial charge < -0.3 is 29.2 Å². The van der Waals surface area contributed by atoms with Crippen LogP contribution in [0.4, 0.5) is 0 Å². The molecule has 2 aliphatic heterocycles. The SMILES string of the molecule is COC(c1cccc(Cn2ccc(CN3CCC(O)C3)c(O)c2=O)c1)[C@H]1CCCN1Cc1ccn(Cc2ccccc2)c(=O)c1O. The molecular weight excluding hydrogens is 584 g/mol. The maximum Gasteiger partial charge on any atom is 0.293 e. The number of aromatic hydroxyl groups is 2. The Hall–Kier alpha value is -4.22. The molecule has 6 rings (SSSR count). The first-order valence-electron chi connectivity index (χ1n) is 15.9. The molecule has 242 valence electrons. The van der Waals surface area contributed by atoms with Crippen LogP contribution in [0.5, 0.6) is 11.5 Å². The van der Waals surface area contributed by atoms with Crippen molar-refractivity contribution in [3.05, 3.63) is 128 Å². The summed E-state index contributed by atoms with van der Waals surface area (Å²) in [5.74, 6) is -0.481. The summed E-state index contributed by atoms with van der Waals surface area (Å²) in [6.45, 7) is 3.61. The van der Waals surface area contributed by atoms with Crippen LogP contribution in [-0.2, 0) is 30.9 Å². The molecule has 2 saturated heterocycles. The van der Waals surface area contributed by atoms with Crippen molar-refractivity contribution < 1.29 is 20.1 Å². The van der Waals surface area contributed by atoms with Crippen LogP contribution in [0.25, 0.3) is 0 Å². The minimum Gasteiger partial charge on any atom is -0.503 e. The average molecular weight is 627 g/mol. The van der Waals surface area contributed by atoms with Gasteiger partial charge in [-0.1, -0.05) is 54.6 Å². The van der Waals surface area contributed by atoms with E-state index in [4.69, 9.17) is 4.74 Å². The highest BCUT2D eigenvalue weighted by molar-refractivity contribution is 5.32. The number of likely N-dealkylation sites (tertiary alicyclic amines) is 2. The summed E-state index contributed by atoms with van der Waals surface area (Å²) in [4.78, 5) is 30.4.